The number of nitrogens with one attached hydrogen (secondary N) is 1. The van der Waals surface area contributed by atoms with E-state index in [-0.39, 0.29) is 0 Å². The number of hydrogen-bond donors (Lipinski definition) is 1. The van der Waals surface area contributed by atoms with Gasteiger partial charge in [-0.25, -0.2) is 0 Å². The predicted molar refractivity (Wildman–Crippen MR) is 87.2 cm³/mol. The molecule has 1 amide bonds. The Hall–Kier alpha value is -0.530. The number of carbonyl (C=O) groups is 1. The summed E-state index contributed by atoms with van der Waals surface area (Å²) in [5.41, 5.74) is 0.499. The molecule has 0 saturated heterocycles. The largest absolute Gasteiger partial charge is 0.356 e. The van der Waals surface area contributed by atoms with Gasteiger partial charge in [0.2, 0.25) is 5.91 Å². The molecule has 3 unspecified atom stereocenters. The molecule has 0 radical (unpaired) electrons. The number of amides is 1. The summed E-state index contributed by atoms with van der Waals surface area (Å²) in [6.45, 7) is 0.996. The lowest BCUT2D eigenvalue weighted by Gasteiger charge is -2.56. The van der Waals surface area contributed by atoms with E-state index in [0.717, 1.165) is 48.5 Å². The summed E-state index contributed by atoms with van der Waals surface area (Å²) < 4.78 is 0. The first-order valence-electron chi connectivity index (χ1n) is 9.94. The third kappa shape index (κ3) is 2.32. The minimum atomic E-state index is 0.369. The zero-order valence-corrected chi connectivity index (χ0v) is 13.9. The normalized spacial score (nSPS) is 51.5. The van der Waals surface area contributed by atoms with E-state index in [0.29, 0.717) is 11.3 Å². The highest BCUT2D eigenvalue weighted by molar-refractivity contribution is 5.76. The Morgan fingerprint density at radius 3 is 2.09 bits per heavy atom. The quantitative estimate of drug-likeness (QED) is 0.830. The van der Waals surface area contributed by atoms with Crippen molar-refractivity contribution in [2.45, 2.75) is 70.6 Å². The fourth-order valence-electron chi connectivity index (χ4n) is 7.73. The van der Waals surface area contributed by atoms with Crippen LogP contribution in [0.15, 0.2) is 0 Å². The summed E-state index contributed by atoms with van der Waals surface area (Å²) in [4.78, 5) is 12.5. The molecule has 122 valence electrons. The maximum atomic E-state index is 12.5. The van der Waals surface area contributed by atoms with E-state index in [4.69, 9.17) is 0 Å². The first-order chi connectivity index (χ1) is 10.7. The highest BCUT2D eigenvalue weighted by atomic mass is 16.1. The molecule has 2 heteroatoms. The Bertz CT molecular complexity index is 435. The minimum Gasteiger partial charge on any atom is -0.356 e. The van der Waals surface area contributed by atoms with Crippen LogP contribution in [-0.2, 0) is 4.79 Å². The van der Waals surface area contributed by atoms with Crippen molar-refractivity contribution in [3.05, 3.63) is 0 Å². The molecule has 6 aliphatic rings. The summed E-state index contributed by atoms with van der Waals surface area (Å²) >= 11 is 0. The van der Waals surface area contributed by atoms with Gasteiger partial charge in [-0.15, -0.1) is 0 Å². The Morgan fingerprint density at radius 1 is 0.864 bits per heavy atom. The van der Waals surface area contributed by atoms with Gasteiger partial charge in [-0.1, -0.05) is 6.42 Å². The third-order valence-electron chi connectivity index (χ3n) is 8.16. The standard InChI is InChI=1S/C20H31NO/c22-19(8-18-7-13-1-2-17(18)6-13)21-12-20-9-14-3-15(10-20)5-16(4-14)11-20/h13-18H,1-12H2,(H,21,22). The van der Waals surface area contributed by atoms with E-state index in [9.17, 15) is 4.79 Å². The minimum absolute atomic E-state index is 0.369. The van der Waals surface area contributed by atoms with E-state index in [1.165, 1.54) is 64.2 Å². The van der Waals surface area contributed by atoms with Crippen LogP contribution in [0.4, 0.5) is 0 Å². The van der Waals surface area contributed by atoms with Crippen molar-refractivity contribution >= 4 is 5.91 Å². The zero-order chi connectivity index (χ0) is 14.7. The van der Waals surface area contributed by atoms with Crippen molar-refractivity contribution in [3.63, 3.8) is 0 Å². The van der Waals surface area contributed by atoms with Gasteiger partial charge in [0.1, 0.15) is 0 Å². The molecule has 0 aliphatic heterocycles. The van der Waals surface area contributed by atoms with E-state index >= 15 is 0 Å². The van der Waals surface area contributed by atoms with Crippen LogP contribution in [0.5, 0.6) is 0 Å². The van der Waals surface area contributed by atoms with Gasteiger partial charge in [0.25, 0.3) is 0 Å². The van der Waals surface area contributed by atoms with Crippen molar-refractivity contribution in [1.29, 1.82) is 0 Å². The van der Waals surface area contributed by atoms with Crippen LogP contribution in [0, 0.1) is 40.9 Å². The van der Waals surface area contributed by atoms with Gasteiger partial charge >= 0.3 is 0 Å². The van der Waals surface area contributed by atoms with Crippen LogP contribution >= 0.6 is 0 Å². The lowest BCUT2D eigenvalue weighted by atomic mass is 9.49. The van der Waals surface area contributed by atoms with Gasteiger partial charge in [0.05, 0.1) is 0 Å². The van der Waals surface area contributed by atoms with Crippen molar-refractivity contribution in [1.82, 2.24) is 5.32 Å². The van der Waals surface area contributed by atoms with Gasteiger partial charge in [0, 0.05) is 13.0 Å². The molecule has 1 N–H and O–H groups in total. The summed E-state index contributed by atoms with van der Waals surface area (Å²) in [5, 5.41) is 3.39. The summed E-state index contributed by atoms with van der Waals surface area (Å²) in [6, 6.07) is 0. The SMILES string of the molecule is O=C(CC1CC2CCC1C2)NCC12CC3CC(CC(C3)C1)C2. The molecule has 3 atom stereocenters. The van der Waals surface area contributed by atoms with Crippen LogP contribution in [0.3, 0.4) is 0 Å². The average Bonchev–Trinajstić information content (AvgIpc) is 3.06. The van der Waals surface area contributed by atoms with Gasteiger partial charge in [-0.05, 0) is 98.7 Å². The molecule has 22 heavy (non-hydrogen) atoms. The summed E-state index contributed by atoms with van der Waals surface area (Å²) in [6.07, 6.45) is 15.2. The summed E-state index contributed by atoms with van der Waals surface area (Å²) in [5.74, 6) is 5.92. The molecule has 0 aromatic rings. The van der Waals surface area contributed by atoms with E-state index in [1.807, 2.05) is 0 Å². The van der Waals surface area contributed by atoms with Crippen molar-refractivity contribution in [2.24, 2.45) is 40.9 Å². The fourth-order valence-corrected chi connectivity index (χ4v) is 7.73. The Balaban J connectivity index is 1.16. The van der Waals surface area contributed by atoms with E-state index in [2.05, 4.69) is 5.32 Å². The molecule has 2 nitrogen and oxygen atoms in total. The molecule has 6 rings (SSSR count). The van der Waals surface area contributed by atoms with Crippen molar-refractivity contribution in [2.75, 3.05) is 6.54 Å². The number of carbonyl (C=O) groups excluding carboxylic acids is 1. The zero-order valence-electron chi connectivity index (χ0n) is 13.9. The number of hydrogen-bond acceptors (Lipinski definition) is 1. The Labute approximate surface area is 134 Å². The smallest absolute Gasteiger partial charge is 0.220 e. The highest BCUT2D eigenvalue weighted by Gasteiger charge is 2.50. The van der Waals surface area contributed by atoms with Crippen molar-refractivity contribution < 1.29 is 4.79 Å². The second-order valence-electron chi connectivity index (χ2n) is 9.83. The maximum absolute atomic E-state index is 12.5. The highest BCUT2D eigenvalue weighted by Crippen LogP contribution is 2.59. The molecule has 0 aromatic heterocycles. The molecule has 0 spiro atoms. The van der Waals surface area contributed by atoms with Crippen LogP contribution in [0.2, 0.25) is 0 Å². The van der Waals surface area contributed by atoms with E-state index in [1.54, 1.807) is 0 Å². The molecule has 6 saturated carbocycles. The topological polar surface area (TPSA) is 29.1 Å². The molecule has 6 fully saturated rings. The Morgan fingerprint density at radius 2 is 1.55 bits per heavy atom. The molecule has 6 bridgehead atoms. The van der Waals surface area contributed by atoms with Crippen LogP contribution in [-0.4, -0.2) is 12.5 Å². The molecule has 0 aromatic carbocycles. The lowest BCUT2D eigenvalue weighted by molar-refractivity contribution is -0.124. The predicted octanol–water partition coefficient (Wildman–Crippen LogP) is 4.15. The average molecular weight is 301 g/mol. The van der Waals surface area contributed by atoms with Crippen molar-refractivity contribution in [3.8, 4) is 0 Å². The fraction of sp³-hybridized carbons (Fsp3) is 0.950. The van der Waals surface area contributed by atoms with Crippen LogP contribution in [0.1, 0.15) is 70.6 Å². The Kier molecular flexibility index (Phi) is 3.14. The molecular weight excluding hydrogens is 270 g/mol. The molecule has 0 heterocycles. The van der Waals surface area contributed by atoms with Gasteiger partial charge in [-0.2, -0.15) is 0 Å². The van der Waals surface area contributed by atoms with E-state index < -0.39 is 0 Å². The van der Waals surface area contributed by atoms with Crippen LogP contribution < -0.4 is 5.32 Å². The lowest BCUT2D eigenvalue weighted by Crippen LogP contribution is -2.51. The first-order valence-corrected chi connectivity index (χ1v) is 9.94. The maximum Gasteiger partial charge on any atom is 0.220 e. The number of rotatable bonds is 4. The second kappa shape index (κ2) is 4.98. The van der Waals surface area contributed by atoms with Gasteiger partial charge < -0.3 is 5.32 Å². The van der Waals surface area contributed by atoms with Crippen LogP contribution in [0.25, 0.3) is 0 Å². The van der Waals surface area contributed by atoms with Gasteiger partial charge in [0.15, 0.2) is 0 Å². The first kappa shape index (κ1) is 13.9. The monoisotopic (exact) mass is 301 g/mol. The molecule has 6 aliphatic carbocycles. The molecular formula is C20H31NO. The van der Waals surface area contributed by atoms with Gasteiger partial charge in [-0.3, -0.25) is 4.79 Å². The number of fused-ring (bicyclic) bond motifs is 2. The summed E-state index contributed by atoms with van der Waals surface area (Å²) in [7, 11) is 0. The second-order valence-corrected chi connectivity index (χ2v) is 9.83. The third-order valence-corrected chi connectivity index (χ3v) is 8.16.